The molecule has 108 valence electrons. The van der Waals surface area contributed by atoms with Crippen molar-refractivity contribution in [3.63, 3.8) is 0 Å². The van der Waals surface area contributed by atoms with Crippen LogP contribution in [0.25, 0.3) is 0 Å². The van der Waals surface area contributed by atoms with Crippen LogP contribution in [0, 0.1) is 12.7 Å². The predicted octanol–water partition coefficient (Wildman–Crippen LogP) is 3.92. The first-order valence-electron chi connectivity index (χ1n) is 6.96. The molecule has 21 heavy (non-hydrogen) atoms. The van der Waals surface area contributed by atoms with E-state index in [-0.39, 0.29) is 5.56 Å². The van der Waals surface area contributed by atoms with Gasteiger partial charge in [-0.3, -0.25) is 0 Å². The second kappa shape index (κ2) is 5.20. The summed E-state index contributed by atoms with van der Waals surface area (Å²) in [7, 11) is 0. The van der Waals surface area contributed by atoms with E-state index in [1.807, 2.05) is 24.0 Å². The Balaban J connectivity index is 2.05. The normalized spacial score (nSPS) is 13.9. The Morgan fingerprint density at radius 2 is 1.95 bits per heavy atom. The van der Waals surface area contributed by atoms with Crippen LogP contribution in [0.1, 0.15) is 27.9 Å². The fourth-order valence-corrected chi connectivity index (χ4v) is 2.83. The zero-order chi connectivity index (χ0) is 15.0. The molecular formula is C17H16FNO2. The molecule has 1 heterocycles. The van der Waals surface area contributed by atoms with Gasteiger partial charge in [-0.05, 0) is 49.6 Å². The number of halogens is 1. The standard InChI is InChI=1S/C17H16FNO2/c1-11-4-6-15-12(9-11)3-2-8-19(15)16-7-5-13(17(20)21)10-14(16)18/h4-7,9-10H,2-3,8H2,1H3,(H,20,21). The highest BCUT2D eigenvalue weighted by Gasteiger charge is 2.21. The van der Waals surface area contributed by atoms with Crippen LogP contribution in [0.3, 0.4) is 0 Å². The summed E-state index contributed by atoms with van der Waals surface area (Å²) in [5.41, 5.74) is 3.82. The van der Waals surface area contributed by atoms with E-state index in [9.17, 15) is 9.18 Å². The Kier molecular flexibility index (Phi) is 3.37. The van der Waals surface area contributed by atoms with Crippen LogP contribution in [0.15, 0.2) is 36.4 Å². The van der Waals surface area contributed by atoms with Gasteiger partial charge in [-0.1, -0.05) is 17.7 Å². The van der Waals surface area contributed by atoms with Crippen molar-refractivity contribution >= 4 is 17.3 Å². The minimum absolute atomic E-state index is 0.0302. The second-order valence-corrected chi connectivity index (χ2v) is 5.36. The molecule has 0 saturated carbocycles. The molecule has 1 N–H and O–H groups in total. The van der Waals surface area contributed by atoms with Crippen LogP contribution in [-0.4, -0.2) is 17.6 Å². The van der Waals surface area contributed by atoms with Gasteiger partial charge in [-0.15, -0.1) is 0 Å². The molecule has 0 amide bonds. The third-order valence-electron chi connectivity index (χ3n) is 3.84. The largest absolute Gasteiger partial charge is 0.478 e. The molecule has 0 unspecified atom stereocenters. The van der Waals surface area contributed by atoms with E-state index in [1.54, 1.807) is 6.07 Å². The summed E-state index contributed by atoms with van der Waals surface area (Å²) < 4.78 is 14.3. The topological polar surface area (TPSA) is 40.5 Å². The summed E-state index contributed by atoms with van der Waals surface area (Å²) in [5.74, 6) is -1.61. The maximum Gasteiger partial charge on any atom is 0.335 e. The molecule has 0 atom stereocenters. The zero-order valence-electron chi connectivity index (χ0n) is 11.8. The van der Waals surface area contributed by atoms with Crippen molar-refractivity contribution in [1.82, 2.24) is 0 Å². The second-order valence-electron chi connectivity index (χ2n) is 5.36. The molecule has 0 bridgehead atoms. The first-order valence-corrected chi connectivity index (χ1v) is 6.96. The summed E-state index contributed by atoms with van der Waals surface area (Å²) in [6.45, 7) is 2.78. The number of carboxylic acid groups (broad SMARTS) is 1. The van der Waals surface area contributed by atoms with Crippen molar-refractivity contribution in [3.8, 4) is 0 Å². The average Bonchev–Trinajstić information content (AvgIpc) is 2.46. The molecule has 0 fully saturated rings. The number of carbonyl (C=O) groups is 1. The number of rotatable bonds is 2. The van der Waals surface area contributed by atoms with Crippen molar-refractivity contribution in [2.75, 3.05) is 11.4 Å². The van der Waals surface area contributed by atoms with E-state index < -0.39 is 11.8 Å². The molecule has 1 aliphatic rings. The third kappa shape index (κ3) is 2.49. The van der Waals surface area contributed by atoms with E-state index in [2.05, 4.69) is 6.07 Å². The first kappa shape index (κ1) is 13.6. The minimum Gasteiger partial charge on any atom is -0.478 e. The third-order valence-corrected chi connectivity index (χ3v) is 3.84. The summed E-state index contributed by atoms with van der Waals surface area (Å²) in [5, 5.41) is 8.92. The fourth-order valence-electron chi connectivity index (χ4n) is 2.83. The van der Waals surface area contributed by atoms with Crippen LogP contribution in [0.4, 0.5) is 15.8 Å². The summed E-state index contributed by atoms with van der Waals surface area (Å²) in [4.78, 5) is 12.8. The van der Waals surface area contributed by atoms with E-state index in [1.165, 1.54) is 17.2 Å². The molecular weight excluding hydrogens is 269 g/mol. The Morgan fingerprint density at radius 3 is 2.67 bits per heavy atom. The highest BCUT2D eigenvalue weighted by molar-refractivity contribution is 5.88. The van der Waals surface area contributed by atoms with Crippen LogP contribution in [0.5, 0.6) is 0 Å². The number of fused-ring (bicyclic) bond motifs is 1. The van der Waals surface area contributed by atoms with Crippen molar-refractivity contribution in [1.29, 1.82) is 0 Å². The maximum absolute atomic E-state index is 14.3. The smallest absolute Gasteiger partial charge is 0.335 e. The minimum atomic E-state index is -1.12. The molecule has 0 radical (unpaired) electrons. The molecule has 0 aromatic heterocycles. The van der Waals surface area contributed by atoms with Gasteiger partial charge >= 0.3 is 5.97 Å². The van der Waals surface area contributed by atoms with Gasteiger partial charge in [0.2, 0.25) is 0 Å². The predicted molar refractivity (Wildman–Crippen MR) is 79.9 cm³/mol. The number of anilines is 2. The van der Waals surface area contributed by atoms with Gasteiger partial charge in [0.1, 0.15) is 5.82 Å². The van der Waals surface area contributed by atoms with Crippen molar-refractivity contribution in [3.05, 3.63) is 58.9 Å². The molecule has 0 saturated heterocycles. The maximum atomic E-state index is 14.3. The molecule has 0 aliphatic carbocycles. The van der Waals surface area contributed by atoms with Crippen LogP contribution in [0.2, 0.25) is 0 Å². The number of hydrogen-bond acceptors (Lipinski definition) is 2. The fraction of sp³-hybridized carbons (Fsp3) is 0.235. The number of carboxylic acids is 1. The molecule has 0 spiro atoms. The van der Waals surface area contributed by atoms with Crippen LogP contribution in [-0.2, 0) is 6.42 Å². The molecule has 1 aliphatic heterocycles. The van der Waals surface area contributed by atoms with Gasteiger partial charge in [0.25, 0.3) is 0 Å². The lowest BCUT2D eigenvalue weighted by atomic mass is 9.99. The molecule has 4 heteroatoms. The quantitative estimate of drug-likeness (QED) is 0.909. The number of aryl methyl sites for hydroxylation is 2. The summed E-state index contributed by atoms with van der Waals surface area (Å²) >= 11 is 0. The number of aromatic carboxylic acids is 1. The zero-order valence-corrected chi connectivity index (χ0v) is 11.8. The highest BCUT2D eigenvalue weighted by Crippen LogP contribution is 2.35. The number of hydrogen-bond donors (Lipinski definition) is 1. The monoisotopic (exact) mass is 285 g/mol. The lowest BCUT2D eigenvalue weighted by Crippen LogP contribution is -2.25. The Hall–Kier alpha value is -2.36. The lowest BCUT2D eigenvalue weighted by molar-refractivity contribution is 0.0696. The van der Waals surface area contributed by atoms with Gasteiger partial charge in [-0.25, -0.2) is 9.18 Å². The molecule has 2 aromatic rings. The molecule has 3 rings (SSSR count). The van der Waals surface area contributed by atoms with Crippen molar-refractivity contribution in [2.45, 2.75) is 19.8 Å². The van der Waals surface area contributed by atoms with E-state index in [0.717, 1.165) is 31.1 Å². The Morgan fingerprint density at radius 1 is 1.19 bits per heavy atom. The highest BCUT2D eigenvalue weighted by atomic mass is 19.1. The first-order chi connectivity index (χ1) is 10.1. The van der Waals surface area contributed by atoms with Gasteiger partial charge < -0.3 is 10.0 Å². The Labute approximate surface area is 122 Å². The molecule has 3 nitrogen and oxygen atoms in total. The average molecular weight is 285 g/mol. The summed E-state index contributed by atoms with van der Waals surface area (Å²) in [6.07, 6.45) is 1.94. The van der Waals surface area contributed by atoms with Gasteiger partial charge in [0.15, 0.2) is 0 Å². The van der Waals surface area contributed by atoms with Crippen molar-refractivity contribution < 1.29 is 14.3 Å². The van der Waals surface area contributed by atoms with E-state index in [4.69, 9.17) is 5.11 Å². The van der Waals surface area contributed by atoms with Gasteiger partial charge in [0, 0.05) is 12.2 Å². The van der Waals surface area contributed by atoms with E-state index in [0.29, 0.717) is 5.69 Å². The van der Waals surface area contributed by atoms with Crippen LogP contribution >= 0.6 is 0 Å². The number of nitrogens with zero attached hydrogens (tertiary/aromatic N) is 1. The SMILES string of the molecule is Cc1ccc2c(c1)CCCN2c1ccc(C(=O)O)cc1F. The van der Waals surface area contributed by atoms with Gasteiger partial charge in [-0.2, -0.15) is 0 Å². The van der Waals surface area contributed by atoms with Crippen molar-refractivity contribution in [2.24, 2.45) is 0 Å². The summed E-state index contributed by atoms with van der Waals surface area (Å²) in [6, 6.07) is 10.2. The Bertz CT molecular complexity index is 712. The lowest BCUT2D eigenvalue weighted by Gasteiger charge is -2.32. The van der Waals surface area contributed by atoms with E-state index >= 15 is 0 Å². The van der Waals surface area contributed by atoms with Gasteiger partial charge in [0.05, 0.1) is 11.3 Å². The number of benzene rings is 2. The molecule has 2 aromatic carbocycles. The van der Waals surface area contributed by atoms with Crippen LogP contribution < -0.4 is 4.90 Å².